The van der Waals surface area contributed by atoms with Crippen molar-refractivity contribution in [3.8, 4) is 0 Å². The van der Waals surface area contributed by atoms with Crippen molar-refractivity contribution in [1.82, 2.24) is 19.2 Å². The zero-order valence-electron chi connectivity index (χ0n) is 14.5. The third-order valence-electron chi connectivity index (χ3n) is 4.68. The van der Waals surface area contributed by atoms with E-state index in [1.807, 2.05) is 0 Å². The molecule has 2 unspecified atom stereocenters. The minimum Gasteiger partial charge on any atom is -0.269 e. The van der Waals surface area contributed by atoms with Gasteiger partial charge in [0, 0.05) is 18.1 Å². The maximum atomic E-state index is 13.5. The molecule has 3 heterocycles. The number of nitrogens with zero attached hydrogens (tertiary/aromatic N) is 4. The summed E-state index contributed by atoms with van der Waals surface area (Å²) in [5, 5.41) is 3.12. The van der Waals surface area contributed by atoms with Gasteiger partial charge in [0.15, 0.2) is 10.1 Å². The summed E-state index contributed by atoms with van der Waals surface area (Å²) in [6, 6.07) is 1.54. The highest BCUT2D eigenvalue weighted by Crippen LogP contribution is 2.52. The van der Waals surface area contributed by atoms with Crippen LogP contribution in [0.25, 0.3) is 4.96 Å². The average Bonchev–Trinajstić information content (AvgIpc) is 2.98. The van der Waals surface area contributed by atoms with Crippen LogP contribution in [0, 0.1) is 5.92 Å². The van der Waals surface area contributed by atoms with Crippen LogP contribution in [0.2, 0.25) is 5.15 Å². The minimum atomic E-state index is -4.75. The van der Waals surface area contributed by atoms with E-state index in [-0.39, 0.29) is 22.3 Å². The Labute approximate surface area is 167 Å². The summed E-state index contributed by atoms with van der Waals surface area (Å²) in [7, 11) is 0. The highest BCUT2D eigenvalue weighted by molar-refractivity contribution is 7.17. The van der Waals surface area contributed by atoms with Gasteiger partial charge in [-0.25, -0.2) is 4.98 Å². The van der Waals surface area contributed by atoms with Crippen molar-refractivity contribution in [2.45, 2.75) is 38.2 Å². The summed E-state index contributed by atoms with van der Waals surface area (Å²) in [6.07, 6.45) is -8.90. The van der Waals surface area contributed by atoms with Crippen molar-refractivity contribution in [3.63, 3.8) is 0 Å². The summed E-state index contributed by atoms with van der Waals surface area (Å²) in [6.45, 7) is 1.21. The molecule has 0 aliphatic heterocycles. The van der Waals surface area contributed by atoms with Gasteiger partial charge in [-0.1, -0.05) is 29.9 Å². The second-order valence-electron chi connectivity index (χ2n) is 6.85. The Bertz CT molecular complexity index is 1160. The number of hydrogen-bond acceptors (Lipinski definition) is 4. The molecular weight excluding hydrogens is 446 g/mol. The number of halogens is 7. The zero-order valence-corrected chi connectivity index (χ0v) is 16.0. The Morgan fingerprint density at radius 2 is 1.86 bits per heavy atom. The Hall–Kier alpha value is -2.08. The Morgan fingerprint density at radius 3 is 2.41 bits per heavy atom. The molecule has 3 aromatic heterocycles. The Kier molecular flexibility index (Phi) is 4.50. The lowest BCUT2D eigenvalue weighted by Gasteiger charge is -2.10. The molecule has 0 aromatic carbocycles. The molecule has 0 amide bonds. The van der Waals surface area contributed by atoms with Crippen LogP contribution in [0.3, 0.4) is 0 Å². The van der Waals surface area contributed by atoms with Gasteiger partial charge in [-0.15, -0.1) is 0 Å². The molecular formula is C16H11ClF6N4OS. The van der Waals surface area contributed by atoms with E-state index < -0.39 is 46.1 Å². The lowest BCUT2D eigenvalue weighted by molar-refractivity contribution is -0.144. The van der Waals surface area contributed by atoms with Gasteiger partial charge in [-0.2, -0.15) is 31.4 Å². The summed E-state index contributed by atoms with van der Waals surface area (Å²) in [5.41, 5.74) is -2.21. The lowest BCUT2D eigenvalue weighted by Crippen LogP contribution is -2.20. The van der Waals surface area contributed by atoms with Gasteiger partial charge in [0.05, 0.1) is 17.9 Å². The van der Waals surface area contributed by atoms with Crippen LogP contribution in [-0.2, 0) is 18.9 Å². The maximum Gasteiger partial charge on any atom is 0.433 e. The molecule has 29 heavy (non-hydrogen) atoms. The molecule has 0 saturated heterocycles. The van der Waals surface area contributed by atoms with Crippen molar-refractivity contribution in [1.29, 1.82) is 0 Å². The summed E-state index contributed by atoms with van der Waals surface area (Å²) >= 11 is 5.86. The second kappa shape index (κ2) is 6.46. The van der Waals surface area contributed by atoms with E-state index in [1.165, 1.54) is 0 Å². The predicted octanol–water partition coefficient (Wildman–Crippen LogP) is 4.82. The minimum absolute atomic E-state index is 0.000960. The van der Waals surface area contributed by atoms with E-state index in [0.29, 0.717) is 28.5 Å². The molecule has 0 N–H and O–H groups in total. The normalized spacial score (nSPS) is 19.9. The van der Waals surface area contributed by atoms with Gasteiger partial charge in [0.2, 0.25) is 0 Å². The Morgan fingerprint density at radius 1 is 1.21 bits per heavy atom. The first-order valence-electron chi connectivity index (χ1n) is 8.29. The fourth-order valence-corrected chi connectivity index (χ4v) is 4.53. The topological polar surface area (TPSA) is 52.2 Å². The molecule has 4 rings (SSSR count). The summed E-state index contributed by atoms with van der Waals surface area (Å²) in [4.78, 5) is 15.4. The van der Waals surface area contributed by atoms with Gasteiger partial charge >= 0.3 is 12.4 Å². The fraction of sp³-hybridized carbons (Fsp3) is 0.438. The van der Waals surface area contributed by atoms with Crippen molar-refractivity contribution in [2.75, 3.05) is 0 Å². The molecule has 1 aliphatic carbocycles. The van der Waals surface area contributed by atoms with Gasteiger partial charge < -0.3 is 0 Å². The van der Waals surface area contributed by atoms with Gasteiger partial charge in [-0.3, -0.25) is 13.9 Å². The van der Waals surface area contributed by atoms with Crippen LogP contribution in [0.1, 0.15) is 41.2 Å². The summed E-state index contributed by atoms with van der Waals surface area (Å²) in [5.74, 6) is -0.409. The summed E-state index contributed by atoms with van der Waals surface area (Å²) < 4.78 is 81.1. The number of aromatic nitrogens is 4. The van der Waals surface area contributed by atoms with Crippen LogP contribution in [-0.4, -0.2) is 19.2 Å². The molecule has 156 valence electrons. The van der Waals surface area contributed by atoms with E-state index >= 15 is 0 Å². The molecule has 1 saturated carbocycles. The largest absolute Gasteiger partial charge is 0.433 e. The zero-order chi connectivity index (χ0) is 21.3. The molecule has 5 nitrogen and oxygen atoms in total. The highest BCUT2D eigenvalue weighted by Gasteiger charge is 2.46. The monoisotopic (exact) mass is 456 g/mol. The molecule has 2 atom stereocenters. The third kappa shape index (κ3) is 3.63. The quantitative estimate of drug-likeness (QED) is 0.531. The number of rotatable bonds is 3. The van der Waals surface area contributed by atoms with Crippen LogP contribution in [0.4, 0.5) is 26.3 Å². The highest BCUT2D eigenvalue weighted by atomic mass is 35.5. The van der Waals surface area contributed by atoms with E-state index in [9.17, 15) is 31.1 Å². The molecule has 0 bridgehead atoms. The van der Waals surface area contributed by atoms with Crippen molar-refractivity contribution >= 4 is 27.9 Å². The number of thiazole rings is 1. The number of fused-ring (bicyclic) bond motifs is 1. The van der Waals surface area contributed by atoms with Crippen LogP contribution >= 0.6 is 22.9 Å². The maximum absolute atomic E-state index is 13.5. The fourth-order valence-electron chi connectivity index (χ4n) is 3.25. The smallest absolute Gasteiger partial charge is 0.269 e. The first-order valence-corrected chi connectivity index (χ1v) is 9.49. The van der Waals surface area contributed by atoms with Gasteiger partial charge in [-0.05, 0) is 12.3 Å². The number of alkyl halides is 6. The van der Waals surface area contributed by atoms with E-state index in [1.54, 1.807) is 6.92 Å². The Balaban J connectivity index is 1.83. The average molecular weight is 457 g/mol. The molecule has 0 radical (unpaired) electrons. The van der Waals surface area contributed by atoms with E-state index in [2.05, 4.69) is 10.1 Å². The predicted molar refractivity (Wildman–Crippen MR) is 92.2 cm³/mol. The van der Waals surface area contributed by atoms with Crippen LogP contribution in [0.15, 0.2) is 16.9 Å². The molecule has 13 heteroatoms. The molecule has 1 aliphatic rings. The van der Waals surface area contributed by atoms with E-state index in [4.69, 9.17) is 11.6 Å². The first kappa shape index (κ1) is 20.2. The first-order chi connectivity index (χ1) is 13.4. The van der Waals surface area contributed by atoms with Gasteiger partial charge in [0.25, 0.3) is 5.56 Å². The van der Waals surface area contributed by atoms with Gasteiger partial charge in [0.1, 0.15) is 10.6 Å². The second-order valence-corrected chi connectivity index (χ2v) is 8.21. The van der Waals surface area contributed by atoms with E-state index in [0.717, 1.165) is 10.5 Å². The van der Waals surface area contributed by atoms with Crippen molar-refractivity contribution < 1.29 is 26.3 Å². The molecule has 1 fully saturated rings. The molecule has 0 spiro atoms. The lowest BCUT2D eigenvalue weighted by atomic mass is 10.2. The van der Waals surface area contributed by atoms with Crippen molar-refractivity contribution in [3.05, 3.63) is 49.6 Å². The SMILES string of the molecule is CC1CC1c1c(C(F)(F)F)sc2nc(Cn3nc(Cl)cc3C(F)(F)F)cc(=O)n12. The third-order valence-corrected chi connectivity index (χ3v) is 5.96. The van der Waals surface area contributed by atoms with Crippen LogP contribution in [0.5, 0.6) is 0 Å². The van der Waals surface area contributed by atoms with Crippen LogP contribution < -0.4 is 5.56 Å². The number of hydrogen-bond donors (Lipinski definition) is 0. The van der Waals surface area contributed by atoms with Crippen molar-refractivity contribution in [2.24, 2.45) is 5.92 Å². The standard InChI is InChI=1S/C16H11ClF6N4OS/c1-6-2-8(6)12-13(16(21,22)23)29-14-24-7(3-11(28)27(12)14)5-26-9(15(18,19)20)4-10(17)25-26/h3-4,6,8H,2,5H2,1H3. The molecule has 3 aromatic rings.